The van der Waals surface area contributed by atoms with Crippen molar-refractivity contribution in [2.45, 2.75) is 19.8 Å². The molecule has 0 unspecified atom stereocenters. The van der Waals surface area contributed by atoms with E-state index >= 15 is 0 Å². The van der Waals surface area contributed by atoms with Crippen molar-refractivity contribution >= 4 is 29.3 Å². The van der Waals surface area contributed by atoms with Crippen LogP contribution in [0.25, 0.3) is 6.08 Å². The molecule has 1 N–H and O–H groups in total. The third-order valence-electron chi connectivity index (χ3n) is 2.73. The Hall–Kier alpha value is -1.69. The van der Waals surface area contributed by atoms with E-state index in [0.717, 1.165) is 18.4 Å². The number of nitrogens with zero attached hydrogens (tertiary/aromatic N) is 3. The first kappa shape index (κ1) is 12.8. The molecule has 2 heterocycles. The van der Waals surface area contributed by atoms with Gasteiger partial charge in [0.15, 0.2) is 5.11 Å². The molecule has 1 amide bonds. The molecule has 1 aromatic rings. The Balaban J connectivity index is 2.14. The summed E-state index contributed by atoms with van der Waals surface area (Å²) in [5.74, 6) is -0.0581. The summed E-state index contributed by atoms with van der Waals surface area (Å²) in [5.41, 5.74) is 1.40. The Morgan fingerprint density at radius 1 is 1.56 bits per heavy atom. The van der Waals surface area contributed by atoms with Gasteiger partial charge in [-0.15, -0.1) is 0 Å². The summed E-state index contributed by atoms with van der Waals surface area (Å²) < 4.78 is 1.69. The molecule has 2 rings (SSSR count). The fourth-order valence-electron chi connectivity index (χ4n) is 1.77. The third kappa shape index (κ3) is 2.59. The average Bonchev–Trinajstić information content (AvgIpc) is 2.84. The maximum atomic E-state index is 12.1. The first-order valence-corrected chi connectivity index (χ1v) is 6.36. The second-order valence-corrected chi connectivity index (χ2v) is 4.63. The van der Waals surface area contributed by atoms with E-state index in [4.69, 9.17) is 12.2 Å². The van der Waals surface area contributed by atoms with Gasteiger partial charge in [-0.25, -0.2) is 0 Å². The Morgan fingerprint density at radius 3 is 2.94 bits per heavy atom. The van der Waals surface area contributed by atoms with E-state index < -0.39 is 0 Å². The molecule has 0 saturated carbocycles. The van der Waals surface area contributed by atoms with E-state index in [1.807, 2.05) is 13.2 Å². The molecule has 96 valence electrons. The largest absolute Gasteiger partial charge is 0.328 e. The van der Waals surface area contributed by atoms with Gasteiger partial charge < -0.3 is 5.32 Å². The molecule has 0 bridgehead atoms. The van der Waals surface area contributed by atoms with Crippen molar-refractivity contribution in [3.63, 3.8) is 0 Å². The molecule has 0 atom stereocenters. The highest BCUT2D eigenvalue weighted by Gasteiger charge is 2.29. The van der Waals surface area contributed by atoms with Crippen LogP contribution in [0, 0.1) is 0 Å². The van der Waals surface area contributed by atoms with Gasteiger partial charge in [0.05, 0.1) is 6.20 Å². The van der Waals surface area contributed by atoms with E-state index in [0.29, 0.717) is 17.4 Å². The summed E-state index contributed by atoms with van der Waals surface area (Å²) in [4.78, 5) is 13.7. The first-order chi connectivity index (χ1) is 8.61. The lowest BCUT2D eigenvalue weighted by Crippen LogP contribution is -2.31. The van der Waals surface area contributed by atoms with Crippen LogP contribution in [-0.4, -0.2) is 32.2 Å². The Bertz CT molecular complexity index is 506. The number of aryl methyl sites for hydroxylation is 1. The molecule has 18 heavy (non-hydrogen) atoms. The van der Waals surface area contributed by atoms with Crippen LogP contribution in [0.15, 0.2) is 18.1 Å². The van der Waals surface area contributed by atoms with Crippen LogP contribution in [-0.2, 0) is 11.8 Å². The molecular weight excluding hydrogens is 248 g/mol. The van der Waals surface area contributed by atoms with Crippen molar-refractivity contribution in [1.29, 1.82) is 0 Å². The van der Waals surface area contributed by atoms with Crippen LogP contribution in [0.1, 0.15) is 25.3 Å². The number of unbranched alkanes of at least 4 members (excludes halogenated alkanes) is 1. The van der Waals surface area contributed by atoms with Gasteiger partial charge in [0.1, 0.15) is 5.70 Å². The number of rotatable bonds is 4. The van der Waals surface area contributed by atoms with Crippen LogP contribution >= 0.6 is 12.2 Å². The van der Waals surface area contributed by atoms with Crippen molar-refractivity contribution in [3.8, 4) is 0 Å². The number of hydrogen-bond donors (Lipinski definition) is 1. The van der Waals surface area contributed by atoms with Crippen LogP contribution in [0.3, 0.4) is 0 Å². The molecule has 1 aliphatic heterocycles. The van der Waals surface area contributed by atoms with Crippen molar-refractivity contribution in [3.05, 3.63) is 23.7 Å². The predicted molar refractivity (Wildman–Crippen MR) is 73.5 cm³/mol. The molecule has 1 saturated heterocycles. The Labute approximate surface area is 111 Å². The monoisotopic (exact) mass is 264 g/mol. The minimum atomic E-state index is -0.0581. The highest BCUT2D eigenvalue weighted by atomic mass is 32.1. The third-order valence-corrected chi connectivity index (χ3v) is 3.06. The normalized spacial score (nSPS) is 17.7. The molecule has 5 nitrogen and oxygen atoms in total. The zero-order valence-corrected chi connectivity index (χ0v) is 11.3. The van der Waals surface area contributed by atoms with Gasteiger partial charge in [0, 0.05) is 25.4 Å². The number of aromatic nitrogens is 2. The van der Waals surface area contributed by atoms with E-state index in [1.165, 1.54) is 0 Å². The maximum Gasteiger partial charge on any atom is 0.276 e. The fourth-order valence-corrected chi connectivity index (χ4v) is 2.06. The van der Waals surface area contributed by atoms with Crippen molar-refractivity contribution < 1.29 is 4.79 Å². The minimum Gasteiger partial charge on any atom is -0.328 e. The summed E-state index contributed by atoms with van der Waals surface area (Å²) in [6, 6.07) is 0. The lowest BCUT2D eigenvalue weighted by molar-refractivity contribution is -0.122. The van der Waals surface area contributed by atoms with E-state index in [2.05, 4.69) is 17.3 Å². The second-order valence-electron chi connectivity index (χ2n) is 4.25. The molecule has 1 aromatic heterocycles. The highest BCUT2D eigenvalue weighted by molar-refractivity contribution is 7.80. The smallest absolute Gasteiger partial charge is 0.276 e. The van der Waals surface area contributed by atoms with Crippen molar-refractivity contribution in [1.82, 2.24) is 20.0 Å². The Morgan fingerprint density at radius 2 is 2.33 bits per heavy atom. The molecule has 0 radical (unpaired) electrons. The van der Waals surface area contributed by atoms with Crippen LogP contribution < -0.4 is 5.32 Å². The van der Waals surface area contributed by atoms with Gasteiger partial charge >= 0.3 is 0 Å². The molecule has 0 spiro atoms. The fraction of sp³-hybridized carbons (Fsp3) is 0.417. The number of hydrogen-bond acceptors (Lipinski definition) is 3. The highest BCUT2D eigenvalue weighted by Crippen LogP contribution is 2.14. The van der Waals surface area contributed by atoms with Crippen LogP contribution in [0.2, 0.25) is 0 Å². The predicted octanol–water partition coefficient (Wildman–Crippen LogP) is 1.28. The summed E-state index contributed by atoms with van der Waals surface area (Å²) in [5, 5.41) is 7.50. The molecule has 6 heteroatoms. The number of amides is 1. The van der Waals surface area contributed by atoms with Gasteiger partial charge in [-0.05, 0) is 24.7 Å². The first-order valence-electron chi connectivity index (χ1n) is 5.95. The second kappa shape index (κ2) is 5.30. The maximum absolute atomic E-state index is 12.1. The number of thiocarbonyl (C=S) groups is 1. The summed E-state index contributed by atoms with van der Waals surface area (Å²) >= 11 is 5.16. The lowest BCUT2D eigenvalue weighted by atomic mass is 10.2. The number of carbonyl (C=O) groups is 1. The Kier molecular flexibility index (Phi) is 3.76. The van der Waals surface area contributed by atoms with Gasteiger partial charge in [-0.1, -0.05) is 13.3 Å². The van der Waals surface area contributed by atoms with Crippen molar-refractivity contribution in [2.75, 3.05) is 6.54 Å². The van der Waals surface area contributed by atoms with Crippen LogP contribution in [0.5, 0.6) is 0 Å². The minimum absolute atomic E-state index is 0.0581. The summed E-state index contributed by atoms with van der Waals surface area (Å²) in [6.45, 7) is 2.76. The number of carbonyl (C=O) groups excluding carboxylic acids is 1. The number of nitrogens with one attached hydrogen (secondary N) is 1. The van der Waals surface area contributed by atoms with E-state index in [1.54, 1.807) is 21.9 Å². The molecule has 0 aliphatic carbocycles. The zero-order chi connectivity index (χ0) is 13.1. The quantitative estimate of drug-likeness (QED) is 0.657. The molecule has 1 fully saturated rings. The van der Waals surface area contributed by atoms with Crippen LogP contribution in [0.4, 0.5) is 0 Å². The van der Waals surface area contributed by atoms with E-state index in [9.17, 15) is 4.79 Å². The molecule has 1 aliphatic rings. The van der Waals surface area contributed by atoms with Gasteiger partial charge in [-0.3, -0.25) is 14.4 Å². The zero-order valence-electron chi connectivity index (χ0n) is 10.5. The summed E-state index contributed by atoms with van der Waals surface area (Å²) in [6.07, 6.45) is 7.31. The van der Waals surface area contributed by atoms with Crippen molar-refractivity contribution in [2.24, 2.45) is 7.05 Å². The standard InChI is InChI=1S/C12H16N4OS/c1-3-4-5-16-11(17)10(14-12(16)18)6-9-7-13-15(2)8-9/h6-8H,3-5H2,1-2H3,(H,14,18)/b10-6+. The van der Waals surface area contributed by atoms with Gasteiger partial charge in [-0.2, -0.15) is 5.10 Å². The summed E-state index contributed by atoms with van der Waals surface area (Å²) in [7, 11) is 1.84. The topological polar surface area (TPSA) is 50.2 Å². The van der Waals surface area contributed by atoms with Gasteiger partial charge in [0.25, 0.3) is 5.91 Å². The average molecular weight is 264 g/mol. The SMILES string of the molecule is CCCCN1C(=O)/C(=C\c2cnn(C)c2)NC1=S. The van der Waals surface area contributed by atoms with Gasteiger partial charge in [0.2, 0.25) is 0 Å². The lowest BCUT2D eigenvalue weighted by Gasteiger charge is -2.12. The molecular formula is C12H16N4OS. The molecule has 0 aromatic carbocycles. The van der Waals surface area contributed by atoms with E-state index in [-0.39, 0.29) is 5.91 Å².